The highest BCUT2D eigenvalue weighted by atomic mass is 32.1. The van der Waals surface area contributed by atoms with E-state index in [1.807, 2.05) is 61.4 Å². The molecule has 0 spiro atoms. The van der Waals surface area contributed by atoms with E-state index in [4.69, 9.17) is 19.2 Å². The van der Waals surface area contributed by atoms with Crippen LogP contribution in [0.15, 0.2) is 96.6 Å². The number of anilines is 2. The number of benzene rings is 3. The third-order valence-corrected chi connectivity index (χ3v) is 7.43. The van der Waals surface area contributed by atoms with Gasteiger partial charge >= 0.3 is 0 Å². The first-order valence-electron chi connectivity index (χ1n) is 13.5. The molecule has 8 nitrogen and oxygen atoms in total. The average Bonchev–Trinajstić information content (AvgIpc) is 3.71. The summed E-state index contributed by atoms with van der Waals surface area (Å²) in [5, 5.41) is 7.33. The lowest BCUT2D eigenvalue weighted by atomic mass is 10.1. The second-order valence-corrected chi connectivity index (χ2v) is 10.6. The van der Waals surface area contributed by atoms with Crippen molar-refractivity contribution in [2.75, 3.05) is 44.2 Å². The Balaban J connectivity index is 1.21. The third kappa shape index (κ3) is 7.87. The molecule has 0 unspecified atom stereocenters. The lowest BCUT2D eigenvalue weighted by Crippen LogP contribution is -2.22. The van der Waals surface area contributed by atoms with Gasteiger partial charge in [-0.1, -0.05) is 30.3 Å². The first kappa shape index (κ1) is 28.2. The zero-order valence-electron chi connectivity index (χ0n) is 23.6. The third-order valence-electron chi connectivity index (χ3n) is 6.48. The van der Waals surface area contributed by atoms with Crippen LogP contribution in [0.25, 0.3) is 5.69 Å². The van der Waals surface area contributed by atoms with Crippen molar-refractivity contribution < 1.29 is 14.2 Å². The summed E-state index contributed by atoms with van der Waals surface area (Å²) in [5.74, 6) is 1.68. The fraction of sp³-hybridized carbons (Fsp3) is 0.250. The van der Waals surface area contributed by atoms with Gasteiger partial charge in [0, 0.05) is 56.7 Å². The predicted molar refractivity (Wildman–Crippen MR) is 164 cm³/mol. The van der Waals surface area contributed by atoms with Gasteiger partial charge in [-0.2, -0.15) is 5.10 Å². The molecule has 0 amide bonds. The van der Waals surface area contributed by atoms with Crippen LogP contribution in [-0.2, 0) is 24.4 Å². The smallest absolute Gasteiger partial charge is 0.186 e. The van der Waals surface area contributed by atoms with Crippen molar-refractivity contribution in [2.45, 2.75) is 19.7 Å². The Bertz CT molecular complexity index is 1500. The van der Waals surface area contributed by atoms with Gasteiger partial charge in [-0.3, -0.25) is 0 Å². The minimum atomic E-state index is 0.434. The Kier molecular flexibility index (Phi) is 9.51. The topological polar surface area (TPSA) is 64.9 Å². The van der Waals surface area contributed by atoms with Crippen LogP contribution in [-0.4, -0.2) is 49.2 Å². The number of rotatable bonds is 14. The van der Waals surface area contributed by atoms with E-state index in [1.165, 1.54) is 5.56 Å². The number of hydrogen-bond donors (Lipinski definition) is 0. The molecule has 0 radical (unpaired) electrons. The van der Waals surface area contributed by atoms with E-state index in [9.17, 15) is 0 Å². The van der Waals surface area contributed by atoms with Gasteiger partial charge in [0.15, 0.2) is 5.13 Å². The highest BCUT2D eigenvalue weighted by Gasteiger charge is 2.14. The van der Waals surface area contributed by atoms with Crippen molar-refractivity contribution >= 4 is 22.2 Å². The van der Waals surface area contributed by atoms with Crippen molar-refractivity contribution in [3.63, 3.8) is 0 Å². The van der Waals surface area contributed by atoms with Crippen LogP contribution in [0, 0.1) is 0 Å². The Hall–Kier alpha value is -4.34. The molecule has 0 atom stereocenters. The SMILES string of the molecule is COc1cccc(CN(Cc2ccc(-n3cccn3)cc2)c2nc(COCCOc3cccc(N(C)C)c3)cs2)c1. The van der Waals surface area contributed by atoms with Gasteiger partial charge in [-0.15, -0.1) is 11.3 Å². The number of thiazole rings is 1. The molecule has 0 fully saturated rings. The molecule has 5 rings (SSSR count). The first-order valence-corrected chi connectivity index (χ1v) is 14.3. The molecule has 0 N–H and O–H groups in total. The Morgan fingerprint density at radius 3 is 2.44 bits per heavy atom. The molecule has 0 bridgehead atoms. The summed E-state index contributed by atoms with van der Waals surface area (Å²) < 4.78 is 19.1. The average molecular weight is 570 g/mol. The number of methoxy groups -OCH3 is 1. The van der Waals surface area contributed by atoms with Crippen LogP contribution in [0.2, 0.25) is 0 Å². The molecule has 9 heteroatoms. The summed E-state index contributed by atoms with van der Waals surface area (Å²) in [7, 11) is 5.72. The second-order valence-electron chi connectivity index (χ2n) is 9.74. The van der Waals surface area contributed by atoms with Gasteiger partial charge in [0.1, 0.15) is 18.1 Å². The summed E-state index contributed by atoms with van der Waals surface area (Å²) in [6.45, 7) is 2.80. The molecule has 0 saturated heterocycles. The van der Waals surface area contributed by atoms with Crippen LogP contribution >= 0.6 is 11.3 Å². The van der Waals surface area contributed by atoms with Crippen LogP contribution in [0.1, 0.15) is 16.8 Å². The van der Waals surface area contributed by atoms with Gasteiger partial charge in [-0.05, 0) is 53.6 Å². The van der Waals surface area contributed by atoms with Gasteiger partial charge in [0.2, 0.25) is 0 Å². The lowest BCUT2D eigenvalue weighted by Gasteiger charge is -2.22. The number of nitrogens with zero attached hydrogens (tertiary/aromatic N) is 5. The van der Waals surface area contributed by atoms with Crippen molar-refractivity contribution in [1.29, 1.82) is 0 Å². The largest absolute Gasteiger partial charge is 0.497 e. The highest BCUT2D eigenvalue weighted by Crippen LogP contribution is 2.26. The lowest BCUT2D eigenvalue weighted by molar-refractivity contribution is 0.0873. The Morgan fingerprint density at radius 2 is 1.66 bits per heavy atom. The van der Waals surface area contributed by atoms with Crippen LogP contribution in [0.4, 0.5) is 10.8 Å². The summed E-state index contributed by atoms with van der Waals surface area (Å²) in [4.78, 5) is 9.26. The zero-order valence-corrected chi connectivity index (χ0v) is 24.5. The molecular formula is C32H35N5O3S. The van der Waals surface area contributed by atoms with E-state index in [1.54, 1.807) is 24.6 Å². The number of hydrogen-bond acceptors (Lipinski definition) is 8. The maximum absolute atomic E-state index is 5.89. The first-order chi connectivity index (χ1) is 20.1. The summed E-state index contributed by atoms with van der Waals surface area (Å²) in [6.07, 6.45) is 3.72. The van der Waals surface area contributed by atoms with Crippen LogP contribution in [0.5, 0.6) is 11.5 Å². The van der Waals surface area contributed by atoms with E-state index >= 15 is 0 Å². The minimum absolute atomic E-state index is 0.434. The van der Waals surface area contributed by atoms with Crippen molar-refractivity contribution in [3.8, 4) is 17.2 Å². The van der Waals surface area contributed by atoms with E-state index < -0.39 is 0 Å². The molecule has 0 aliphatic rings. The van der Waals surface area contributed by atoms with E-state index in [0.29, 0.717) is 32.9 Å². The molecule has 41 heavy (non-hydrogen) atoms. The quantitative estimate of drug-likeness (QED) is 0.147. The van der Waals surface area contributed by atoms with Crippen LogP contribution < -0.4 is 19.3 Å². The molecule has 2 aromatic heterocycles. The van der Waals surface area contributed by atoms with Gasteiger partial charge in [0.05, 0.1) is 31.7 Å². The van der Waals surface area contributed by atoms with Crippen molar-refractivity contribution in [1.82, 2.24) is 14.8 Å². The van der Waals surface area contributed by atoms with Gasteiger partial charge in [-0.25, -0.2) is 9.67 Å². The maximum atomic E-state index is 5.89. The molecule has 0 aliphatic heterocycles. The fourth-order valence-corrected chi connectivity index (χ4v) is 5.14. The normalized spacial score (nSPS) is 10.9. The highest BCUT2D eigenvalue weighted by molar-refractivity contribution is 7.13. The Labute approximate surface area is 245 Å². The molecule has 212 valence electrons. The predicted octanol–water partition coefficient (Wildman–Crippen LogP) is 6.21. The van der Waals surface area contributed by atoms with E-state index in [-0.39, 0.29) is 0 Å². The van der Waals surface area contributed by atoms with Gasteiger partial charge < -0.3 is 24.0 Å². The molecule has 0 aliphatic carbocycles. The van der Waals surface area contributed by atoms with Crippen molar-refractivity contribution in [2.24, 2.45) is 0 Å². The molecule has 2 heterocycles. The molecule has 5 aromatic rings. The molecule has 3 aromatic carbocycles. The van der Waals surface area contributed by atoms with Crippen LogP contribution in [0.3, 0.4) is 0 Å². The summed E-state index contributed by atoms with van der Waals surface area (Å²) >= 11 is 1.63. The Morgan fingerprint density at radius 1 is 0.854 bits per heavy atom. The monoisotopic (exact) mass is 569 g/mol. The van der Waals surface area contributed by atoms with E-state index in [0.717, 1.165) is 39.3 Å². The van der Waals surface area contributed by atoms with Crippen molar-refractivity contribution in [3.05, 3.63) is 113 Å². The van der Waals surface area contributed by atoms with Gasteiger partial charge in [0.25, 0.3) is 0 Å². The maximum Gasteiger partial charge on any atom is 0.186 e. The standard InChI is InChI=1S/C32H35N5O3S/c1-35(2)29-8-5-10-31(20-29)40-18-17-39-23-27-24-41-32(34-27)36(22-26-7-4-9-30(19-26)38-3)21-25-11-13-28(14-12-25)37-16-6-15-33-37/h4-16,19-20,24H,17-18,21-23H2,1-3H3. The summed E-state index contributed by atoms with van der Waals surface area (Å²) in [6, 6.07) is 26.6. The minimum Gasteiger partial charge on any atom is -0.497 e. The summed E-state index contributed by atoms with van der Waals surface area (Å²) in [5.41, 5.74) is 5.38. The second kappa shape index (κ2) is 13.8. The van der Waals surface area contributed by atoms with E-state index in [2.05, 4.69) is 62.7 Å². The fourth-order valence-electron chi connectivity index (χ4n) is 4.33. The number of aromatic nitrogens is 3. The number of ether oxygens (including phenoxy) is 3. The zero-order chi connectivity index (χ0) is 28.4. The molecule has 0 saturated carbocycles. The molecular weight excluding hydrogens is 534 g/mol.